The first-order valence-corrected chi connectivity index (χ1v) is 10.1. The maximum Gasteiger partial charge on any atom is 0.316 e. The third kappa shape index (κ3) is 4.32. The summed E-state index contributed by atoms with van der Waals surface area (Å²) in [6, 6.07) is 9.18. The molecule has 0 unspecified atom stereocenters. The van der Waals surface area contributed by atoms with Gasteiger partial charge in [-0.2, -0.15) is 4.98 Å². The Kier molecular flexibility index (Phi) is 5.89. The molecular weight excluding hydrogens is 418 g/mol. The molecule has 9 heteroatoms. The molecule has 0 bridgehead atoms. The lowest BCUT2D eigenvalue weighted by Crippen LogP contribution is -2.24. The van der Waals surface area contributed by atoms with Gasteiger partial charge in [0.1, 0.15) is 0 Å². The highest BCUT2D eigenvalue weighted by atomic mass is 19.2. The van der Waals surface area contributed by atoms with E-state index in [1.165, 1.54) is 19.4 Å². The van der Waals surface area contributed by atoms with Crippen molar-refractivity contribution in [3.63, 3.8) is 0 Å². The highest BCUT2D eigenvalue weighted by molar-refractivity contribution is 5.96. The molecule has 1 saturated heterocycles. The van der Waals surface area contributed by atoms with Crippen LogP contribution in [0.5, 0.6) is 5.75 Å². The van der Waals surface area contributed by atoms with Gasteiger partial charge in [-0.15, -0.1) is 0 Å². The van der Waals surface area contributed by atoms with Crippen molar-refractivity contribution >= 4 is 23.2 Å². The summed E-state index contributed by atoms with van der Waals surface area (Å²) in [5.41, 5.74) is 2.21. The van der Waals surface area contributed by atoms with Crippen LogP contribution < -0.4 is 20.5 Å². The maximum atomic E-state index is 13.7. The fourth-order valence-electron chi connectivity index (χ4n) is 3.62. The fourth-order valence-corrected chi connectivity index (χ4v) is 3.62. The largest absolute Gasteiger partial charge is 0.490 e. The van der Waals surface area contributed by atoms with E-state index in [1.54, 1.807) is 9.47 Å². The van der Waals surface area contributed by atoms with Crippen LogP contribution in [0.1, 0.15) is 24.0 Å². The second-order valence-electron chi connectivity index (χ2n) is 7.59. The second kappa shape index (κ2) is 8.78. The van der Waals surface area contributed by atoms with E-state index in [9.17, 15) is 18.4 Å². The van der Waals surface area contributed by atoms with Gasteiger partial charge in [-0.3, -0.25) is 9.59 Å². The van der Waals surface area contributed by atoms with Crippen LogP contribution >= 0.6 is 0 Å². The van der Waals surface area contributed by atoms with Crippen LogP contribution in [-0.2, 0) is 11.3 Å². The van der Waals surface area contributed by atoms with Crippen LogP contribution in [0.4, 0.5) is 26.1 Å². The summed E-state index contributed by atoms with van der Waals surface area (Å²) in [5, 5.41) is 3.15. The monoisotopic (exact) mass is 440 g/mol. The minimum atomic E-state index is -0.961. The molecule has 4 rings (SSSR count). The van der Waals surface area contributed by atoms with Gasteiger partial charge in [0.2, 0.25) is 17.6 Å². The number of methoxy groups -OCH3 is 1. The molecule has 1 aliphatic heterocycles. The summed E-state index contributed by atoms with van der Waals surface area (Å²) in [5.74, 6) is -1.61. The molecule has 1 aliphatic rings. The van der Waals surface area contributed by atoms with Crippen molar-refractivity contribution in [2.75, 3.05) is 23.9 Å². The molecule has 3 aromatic rings. The predicted molar refractivity (Wildman–Crippen MR) is 117 cm³/mol. The second-order valence-corrected chi connectivity index (χ2v) is 7.59. The van der Waals surface area contributed by atoms with Gasteiger partial charge in [0.05, 0.1) is 19.9 Å². The molecule has 1 N–H and O–H groups in total. The van der Waals surface area contributed by atoms with E-state index in [-0.39, 0.29) is 24.1 Å². The van der Waals surface area contributed by atoms with E-state index in [2.05, 4.69) is 10.3 Å². The molecule has 1 fully saturated rings. The minimum absolute atomic E-state index is 0.0197. The third-order valence-corrected chi connectivity index (χ3v) is 5.37. The lowest BCUT2D eigenvalue weighted by atomic mass is 10.1. The first-order valence-electron chi connectivity index (χ1n) is 10.1. The van der Waals surface area contributed by atoms with Crippen LogP contribution in [0.3, 0.4) is 0 Å². The Bertz CT molecular complexity index is 1240. The zero-order valence-corrected chi connectivity index (χ0v) is 17.7. The summed E-state index contributed by atoms with van der Waals surface area (Å²) in [4.78, 5) is 30.3. The molecule has 0 spiro atoms. The van der Waals surface area contributed by atoms with Crippen molar-refractivity contribution < 1.29 is 18.3 Å². The van der Waals surface area contributed by atoms with E-state index >= 15 is 0 Å². The fraction of sp³-hybridized carbons (Fsp3) is 0.261. The normalized spacial score (nSPS) is 13.5. The number of aromatic nitrogens is 2. The van der Waals surface area contributed by atoms with Crippen molar-refractivity contribution in [1.82, 2.24) is 9.55 Å². The van der Waals surface area contributed by atoms with Crippen LogP contribution in [0.15, 0.2) is 47.4 Å². The van der Waals surface area contributed by atoms with E-state index in [0.29, 0.717) is 24.2 Å². The smallest absolute Gasteiger partial charge is 0.316 e. The first-order chi connectivity index (χ1) is 15.4. The highest BCUT2D eigenvalue weighted by Gasteiger charge is 2.22. The Labute approximate surface area is 183 Å². The Morgan fingerprint density at radius 3 is 2.62 bits per heavy atom. The first kappa shape index (κ1) is 21.5. The number of ether oxygens (including phenoxy) is 1. The molecule has 0 saturated carbocycles. The molecule has 0 atom stereocenters. The number of carbonyl (C=O) groups excluding carboxylic acids is 1. The number of nitrogens with one attached hydrogen (secondary N) is 1. The minimum Gasteiger partial charge on any atom is -0.490 e. The van der Waals surface area contributed by atoms with Gasteiger partial charge in [-0.1, -0.05) is 12.1 Å². The van der Waals surface area contributed by atoms with E-state index in [0.717, 1.165) is 29.8 Å². The molecule has 0 aliphatic carbocycles. The summed E-state index contributed by atoms with van der Waals surface area (Å²) in [7, 11) is 1.36. The molecule has 32 heavy (non-hydrogen) atoms. The van der Waals surface area contributed by atoms with Gasteiger partial charge in [-0.25, -0.2) is 8.78 Å². The number of hydrogen-bond acceptors (Lipinski definition) is 5. The lowest BCUT2D eigenvalue weighted by Gasteiger charge is -2.20. The summed E-state index contributed by atoms with van der Waals surface area (Å²) >= 11 is 0. The molecule has 0 radical (unpaired) electrons. The number of amides is 1. The molecule has 1 aromatic heterocycles. The molecule has 166 valence electrons. The van der Waals surface area contributed by atoms with Crippen molar-refractivity contribution in [1.29, 1.82) is 0 Å². The topological polar surface area (TPSA) is 76.5 Å². The van der Waals surface area contributed by atoms with E-state index in [1.807, 2.05) is 25.1 Å². The number of nitrogens with zero attached hydrogens (tertiary/aromatic N) is 3. The van der Waals surface area contributed by atoms with E-state index < -0.39 is 17.2 Å². The number of hydrogen-bond donors (Lipinski definition) is 1. The maximum absolute atomic E-state index is 13.7. The van der Waals surface area contributed by atoms with Gasteiger partial charge < -0.3 is 19.5 Å². The van der Waals surface area contributed by atoms with Gasteiger partial charge in [0.15, 0.2) is 11.6 Å². The van der Waals surface area contributed by atoms with Crippen molar-refractivity contribution in [2.24, 2.45) is 0 Å². The Morgan fingerprint density at radius 2 is 1.94 bits per heavy atom. The molecular formula is C23H22F2N4O3. The van der Waals surface area contributed by atoms with Gasteiger partial charge >= 0.3 is 5.56 Å². The summed E-state index contributed by atoms with van der Waals surface area (Å²) in [6.07, 6.45) is 2.79. The highest BCUT2D eigenvalue weighted by Crippen LogP contribution is 2.28. The predicted octanol–water partition coefficient (Wildman–Crippen LogP) is 3.76. The van der Waals surface area contributed by atoms with Crippen LogP contribution in [0.2, 0.25) is 0 Å². The number of rotatable bonds is 6. The quantitative estimate of drug-likeness (QED) is 0.632. The molecule has 7 nitrogen and oxygen atoms in total. The SMILES string of the molecule is COc1cn(Cc2ccc(F)c(F)c2)c(Nc2cc(N3CCCC3=O)ccc2C)nc1=O. The van der Waals surface area contributed by atoms with Crippen molar-refractivity contribution in [2.45, 2.75) is 26.3 Å². The zero-order valence-electron chi connectivity index (χ0n) is 17.7. The summed E-state index contributed by atoms with van der Waals surface area (Å²) in [6.45, 7) is 2.66. The number of aryl methyl sites for hydroxylation is 1. The molecule has 1 amide bonds. The molecule has 2 heterocycles. The van der Waals surface area contributed by atoms with Gasteiger partial charge in [0.25, 0.3) is 0 Å². The van der Waals surface area contributed by atoms with Crippen LogP contribution in [0.25, 0.3) is 0 Å². The number of benzene rings is 2. The van der Waals surface area contributed by atoms with Gasteiger partial charge in [0, 0.05) is 24.3 Å². The summed E-state index contributed by atoms with van der Waals surface area (Å²) < 4.78 is 33.7. The van der Waals surface area contributed by atoms with Crippen LogP contribution in [-0.4, -0.2) is 29.1 Å². The Hall–Kier alpha value is -3.75. The van der Waals surface area contributed by atoms with Gasteiger partial charge in [-0.05, 0) is 48.7 Å². The Balaban J connectivity index is 1.71. The zero-order chi connectivity index (χ0) is 22.8. The molecule has 2 aromatic carbocycles. The van der Waals surface area contributed by atoms with Crippen molar-refractivity contribution in [3.05, 3.63) is 75.7 Å². The standard InChI is InChI=1S/C23H22F2N4O3/c1-14-5-7-16(29-9-3-4-21(29)30)11-19(14)26-23-27-22(31)20(32-2)13-28(23)12-15-6-8-17(24)18(25)10-15/h5-8,10-11,13H,3-4,9,12H2,1-2H3,(H,26,27,31). The number of halogens is 2. The Morgan fingerprint density at radius 1 is 1.12 bits per heavy atom. The average molecular weight is 440 g/mol. The van der Waals surface area contributed by atoms with Crippen LogP contribution in [0, 0.1) is 18.6 Å². The third-order valence-electron chi connectivity index (χ3n) is 5.37. The lowest BCUT2D eigenvalue weighted by molar-refractivity contribution is -0.117. The van der Waals surface area contributed by atoms with E-state index in [4.69, 9.17) is 4.74 Å². The average Bonchev–Trinajstić information content (AvgIpc) is 3.20. The van der Waals surface area contributed by atoms with Crippen molar-refractivity contribution in [3.8, 4) is 5.75 Å². The number of carbonyl (C=O) groups is 1. The number of anilines is 3.